The summed E-state index contributed by atoms with van der Waals surface area (Å²) < 4.78 is 26.7. The van der Waals surface area contributed by atoms with E-state index in [1.807, 2.05) is 24.2 Å². The molecule has 12 heteroatoms. The number of halogens is 3. The van der Waals surface area contributed by atoms with Crippen LogP contribution in [-0.4, -0.2) is 59.6 Å². The van der Waals surface area contributed by atoms with Crippen LogP contribution >= 0.6 is 43.1 Å². The number of allylic oxidation sites excluding steroid dienone is 3. The molecule has 1 saturated carbocycles. The fraction of sp³-hybridized carbons (Fsp3) is 0.619. The quantitative estimate of drug-likeness (QED) is 0.0615. The van der Waals surface area contributed by atoms with Gasteiger partial charge in [-0.1, -0.05) is 29.9 Å². The van der Waals surface area contributed by atoms with Crippen LogP contribution in [0.1, 0.15) is 39.5 Å². The monoisotopic (exact) mass is 540 g/mol. The highest BCUT2D eigenvalue weighted by molar-refractivity contribution is 8.55. The van der Waals surface area contributed by atoms with Gasteiger partial charge in [-0.3, -0.25) is 14.5 Å². The topological polar surface area (TPSA) is 73.5 Å². The molecule has 2 aliphatic heterocycles. The third-order valence-corrected chi connectivity index (χ3v) is 9.43. The molecular weight excluding hydrogens is 507 g/mol. The Balaban J connectivity index is 1.83. The molecule has 6 nitrogen and oxygen atoms in total. The summed E-state index contributed by atoms with van der Waals surface area (Å²) in [4.78, 5) is 13.3. The molecule has 0 aromatic carbocycles. The van der Waals surface area contributed by atoms with Crippen molar-refractivity contribution in [2.75, 3.05) is 33.4 Å². The van der Waals surface area contributed by atoms with E-state index in [0.29, 0.717) is 29.1 Å². The van der Waals surface area contributed by atoms with Crippen LogP contribution in [0, 0.1) is 0 Å². The summed E-state index contributed by atoms with van der Waals surface area (Å²) in [5.41, 5.74) is 8.40. The predicted octanol–water partition coefficient (Wildman–Crippen LogP) is 4.74. The number of rotatable bonds is 12. The van der Waals surface area contributed by atoms with Gasteiger partial charge in [-0.2, -0.15) is 0 Å². The first-order valence-electron chi connectivity index (χ1n) is 11.0. The third-order valence-electron chi connectivity index (χ3n) is 6.04. The highest BCUT2D eigenvalue weighted by Gasteiger charge is 2.51. The number of likely N-dealkylation sites (N-methyl/N-ethyl adjacent to an activating group) is 1. The SMILES string of the molecule is CCNCCCC1=CC(SP(O)NC2(C)CC2)=CN(C[N+]2(C)C/C2=C(/S)C(F)F)/C1=C(\N)Cl. The number of nitrogens with two attached hydrogens (primary N) is 1. The Morgan fingerprint density at radius 2 is 2.18 bits per heavy atom. The first-order valence-corrected chi connectivity index (χ1v) is 14.6. The molecule has 0 aromatic heterocycles. The van der Waals surface area contributed by atoms with Gasteiger partial charge >= 0.3 is 0 Å². The minimum Gasteiger partial charge on any atom is -0.388 e. The van der Waals surface area contributed by atoms with E-state index >= 15 is 0 Å². The molecule has 0 bridgehead atoms. The van der Waals surface area contributed by atoms with Crippen molar-refractivity contribution in [2.45, 2.75) is 51.5 Å². The van der Waals surface area contributed by atoms with Crippen molar-refractivity contribution < 1.29 is 18.2 Å². The Labute approximate surface area is 211 Å². The summed E-state index contributed by atoms with van der Waals surface area (Å²) in [5, 5.41) is 6.80. The molecule has 33 heavy (non-hydrogen) atoms. The molecule has 2 atom stereocenters. The second kappa shape index (κ2) is 11.2. The molecule has 5 N–H and O–H groups in total. The molecule has 3 rings (SSSR count). The largest absolute Gasteiger partial charge is 0.388 e. The maximum absolute atomic E-state index is 13.2. The Morgan fingerprint density at radius 1 is 1.48 bits per heavy atom. The van der Waals surface area contributed by atoms with Crippen molar-refractivity contribution in [3.63, 3.8) is 0 Å². The van der Waals surface area contributed by atoms with Crippen LogP contribution in [0.25, 0.3) is 0 Å². The van der Waals surface area contributed by atoms with E-state index in [1.54, 1.807) is 0 Å². The van der Waals surface area contributed by atoms with Crippen LogP contribution < -0.4 is 16.1 Å². The first-order chi connectivity index (χ1) is 15.5. The number of nitrogens with zero attached hydrogens (tertiary/aromatic N) is 2. The van der Waals surface area contributed by atoms with Gasteiger partial charge in [0.25, 0.3) is 6.43 Å². The number of thiol groups is 1. The van der Waals surface area contributed by atoms with Crippen molar-refractivity contribution in [2.24, 2.45) is 5.73 Å². The fourth-order valence-corrected chi connectivity index (χ4v) is 7.35. The zero-order valence-electron chi connectivity index (χ0n) is 19.2. The number of hydrogen-bond donors (Lipinski definition) is 5. The Morgan fingerprint density at radius 3 is 2.76 bits per heavy atom. The van der Waals surface area contributed by atoms with E-state index in [0.717, 1.165) is 49.3 Å². The number of nitrogens with one attached hydrogen (secondary N) is 2. The average molecular weight is 541 g/mol. The first kappa shape index (κ1) is 27.3. The van der Waals surface area contributed by atoms with Crippen LogP contribution in [0.5, 0.6) is 0 Å². The lowest BCUT2D eigenvalue weighted by atomic mass is 10.0. The second-order valence-electron chi connectivity index (χ2n) is 9.19. The molecule has 1 aliphatic carbocycles. The van der Waals surface area contributed by atoms with Gasteiger partial charge in [-0.05, 0) is 57.3 Å². The molecular formula is C21H34ClF2N5OPS2+. The van der Waals surface area contributed by atoms with Gasteiger partial charge in [0.15, 0.2) is 26.4 Å². The Kier molecular flexibility index (Phi) is 9.23. The zero-order chi connectivity index (χ0) is 24.4. The van der Waals surface area contributed by atoms with Crippen molar-refractivity contribution in [1.29, 1.82) is 0 Å². The summed E-state index contributed by atoms with van der Waals surface area (Å²) in [5.74, 6) is 0. The summed E-state index contributed by atoms with van der Waals surface area (Å²) in [6, 6.07) is 0. The highest BCUT2D eigenvalue weighted by atomic mass is 35.5. The van der Waals surface area contributed by atoms with Crippen LogP contribution in [-0.2, 0) is 0 Å². The number of hydrogen-bond acceptors (Lipinski definition) is 7. The predicted molar refractivity (Wildman–Crippen MR) is 138 cm³/mol. The Bertz CT molecular complexity index is 877. The minimum absolute atomic E-state index is 0.0165. The number of quaternary nitrogens is 1. The van der Waals surface area contributed by atoms with Crippen LogP contribution in [0.15, 0.2) is 44.2 Å². The van der Waals surface area contributed by atoms with Gasteiger partial charge in [0, 0.05) is 16.6 Å². The van der Waals surface area contributed by atoms with E-state index in [2.05, 4.69) is 36.9 Å². The summed E-state index contributed by atoms with van der Waals surface area (Å²) >= 11 is 11.8. The maximum Gasteiger partial charge on any atom is 0.274 e. The lowest BCUT2D eigenvalue weighted by Gasteiger charge is -2.32. The van der Waals surface area contributed by atoms with E-state index in [-0.39, 0.29) is 15.6 Å². The third kappa shape index (κ3) is 7.34. The second-order valence-corrected chi connectivity index (χ2v) is 13.1. The van der Waals surface area contributed by atoms with Gasteiger partial charge in [0.05, 0.1) is 12.7 Å². The molecule has 0 aromatic rings. The molecule has 3 aliphatic rings. The molecule has 186 valence electrons. The summed E-state index contributed by atoms with van der Waals surface area (Å²) in [7, 11) is 0.445. The summed E-state index contributed by atoms with van der Waals surface area (Å²) in [6.07, 6.45) is 5.11. The van der Waals surface area contributed by atoms with Gasteiger partial charge in [-0.15, -0.1) is 12.6 Å². The Hall–Kier alpha value is -0.320. The van der Waals surface area contributed by atoms with Crippen molar-refractivity contribution in [3.05, 3.63) is 44.2 Å². The van der Waals surface area contributed by atoms with E-state index in [4.69, 9.17) is 17.3 Å². The van der Waals surface area contributed by atoms with Crippen molar-refractivity contribution >= 4 is 43.1 Å². The lowest BCUT2D eigenvalue weighted by molar-refractivity contribution is -0.768. The van der Waals surface area contributed by atoms with Crippen molar-refractivity contribution in [3.8, 4) is 0 Å². The molecule has 0 spiro atoms. The lowest BCUT2D eigenvalue weighted by Crippen LogP contribution is -2.36. The molecule has 2 heterocycles. The average Bonchev–Trinajstić information content (AvgIpc) is 3.61. The van der Waals surface area contributed by atoms with E-state index < -0.39 is 13.9 Å². The van der Waals surface area contributed by atoms with E-state index in [9.17, 15) is 13.7 Å². The van der Waals surface area contributed by atoms with Gasteiger partial charge < -0.3 is 15.9 Å². The standard InChI is InChI=1S/C21H33ClF2N5OPS2/c1-4-26-9-5-6-14-10-15(33-31(30)27-21(2)7-8-21)11-28(17(14)19(22)25)13-29(3)12-16(29)18(32)20(23)24/h10-11,20,26-27,30H,4-9,12-13,25H2,1-3H3/p+1/b18-16-,19-17-. The minimum atomic E-state index is -2.59. The smallest absolute Gasteiger partial charge is 0.274 e. The van der Waals surface area contributed by atoms with E-state index in [1.165, 1.54) is 11.4 Å². The molecule has 0 radical (unpaired) electrons. The van der Waals surface area contributed by atoms with Crippen LogP contribution in [0.4, 0.5) is 8.78 Å². The molecule has 2 unspecified atom stereocenters. The van der Waals surface area contributed by atoms with Gasteiger partial charge in [0.2, 0.25) is 0 Å². The summed E-state index contributed by atoms with van der Waals surface area (Å²) in [6.45, 7) is 6.82. The van der Waals surface area contributed by atoms with Gasteiger partial charge in [-0.25, -0.2) is 8.78 Å². The molecule has 0 amide bonds. The maximum atomic E-state index is 13.2. The molecule has 1 saturated heterocycles. The normalized spacial score (nSPS) is 27.8. The molecule has 2 fully saturated rings. The van der Waals surface area contributed by atoms with Crippen LogP contribution in [0.3, 0.4) is 0 Å². The van der Waals surface area contributed by atoms with Gasteiger partial charge in [0.1, 0.15) is 10.1 Å². The number of alkyl halides is 2. The van der Waals surface area contributed by atoms with Crippen molar-refractivity contribution in [1.82, 2.24) is 15.3 Å². The van der Waals surface area contributed by atoms with Crippen LogP contribution in [0.2, 0.25) is 0 Å². The fourth-order valence-electron chi connectivity index (χ4n) is 3.81. The zero-order valence-corrected chi connectivity index (χ0v) is 22.6. The highest BCUT2D eigenvalue weighted by Crippen LogP contribution is 2.54.